The van der Waals surface area contributed by atoms with Crippen molar-refractivity contribution < 1.29 is 17.6 Å². The highest BCUT2D eigenvalue weighted by molar-refractivity contribution is 7.91. The van der Waals surface area contributed by atoms with E-state index >= 15 is 0 Å². The summed E-state index contributed by atoms with van der Waals surface area (Å²) in [6.07, 6.45) is 0.487. The summed E-state index contributed by atoms with van der Waals surface area (Å²) in [4.78, 5) is 14.0. The van der Waals surface area contributed by atoms with Crippen LogP contribution in [0.25, 0.3) is 0 Å². The molecule has 1 aliphatic rings. The number of carbonyl (C=O) groups is 1. The summed E-state index contributed by atoms with van der Waals surface area (Å²) in [5, 5.41) is -0.307. The van der Waals surface area contributed by atoms with E-state index in [1.165, 1.54) is 0 Å². The van der Waals surface area contributed by atoms with Crippen molar-refractivity contribution in [2.75, 3.05) is 18.1 Å². The van der Waals surface area contributed by atoms with Gasteiger partial charge in [-0.05, 0) is 32.4 Å². The lowest BCUT2D eigenvalue weighted by molar-refractivity contribution is 0.0674. The molecule has 0 bridgehead atoms. The first kappa shape index (κ1) is 15.4. The number of amides is 1. The lowest BCUT2D eigenvalue weighted by Crippen LogP contribution is -2.40. The summed E-state index contributed by atoms with van der Waals surface area (Å²) in [5.74, 6) is 0.636. The first-order valence-corrected chi connectivity index (χ1v) is 8.85. The van der Waals surface area contributed by atoms with Crippen LogP contribution < -0.4 is 0 Å². The standard InChI is InChI=1S/C13H18ClNO4S/c1-3-15(10-6-7-20(17,18)8-10)13(16)12-5-4-11(19-12)9(2)14/h4-5,9-10H,3,6-8H2,1-2H3. The highest BCUT2D eigenvalue weighted by atomic mass is 35.5. The van der Waals surface area contributed by atoms with Gasteiger partial charge < -0.3 is 9.32 Å². The van der Waals surface area contributed by atoms with Crippen molar-refractivity contribution in [1.82, 2.24) is 4.90 Å². The van der Waals surface area contributed by atoms with Crippen LogP contribution >= 0.6 is 11.6 Å². The molecule has 2 unspecified atom stereocenters. The maximum atomic E-state index is 12.4. The average molecular weight is 320 g/mol. The molecule has 1 saturated heterocycles. The number of furan rings is 1. The van der Waals surface area contributed by atoms with Crippen LogP contribution in [0, 0.1) is 0 Å². The Morgan fingerprint density at radius 1 is 1.55 bits per heavy atom. The molecule has 0 N–H and O–H groups in total. The molecular weight excluding hydrogens is 302 g/mol. The van der Waals surface area contributed by atoms with Crippen LogP contribution in [0.4, 0.5) is 0 Å². The molecule has 1 aliphatic heterocycles. The monoisotopic (exact) mass is 319 g/mol. The fourth-order valence-electron chi connectivity index (χ4n) is 2.41. The zero-order chi connectivity index (χ0) is 14.9. The summed E-state index contributed by atoms with van der Waals surface area (Å²) < 4.78 is 28.5. The number of rotatable bonds is 4. The van der Waals surface area contributed by atoms with E-state index in [0.29, 0.717) is 18.7 Å². The summed E-state index contributed by atoms with van der Waals surface area (Å²) in [6, 6.07) is 2.99. The quantitative estimate of drug-likeness (QED) is 0.798. The molecule has 0 saturated carbocycles. The van der Waals surface area contributed by atoms with Crippen LogP contribution in [0.15, 0.2) is 16.5 Å². The molecule has 7 heteroatoms. The third-order valence-electron chi connectivity index (χ3n) is 3.48. The molecule has 1 amide bonds. The maximum absolute atomic E-state index is 12.4. The summed E-state index contributed by atoms with van der Waals surface area (Å²) >= 11 is 5.90. The van der Waals surface area contributed by atoms with Gasteiger partial charge in [0, 0.05) is 12.6 Å². The minimum Gasteiger partial charge on any atom is -0.454 e. The number of hydrogen-bond acceptors (Lipinski definition) is 4. The second-order valence-electron chi connectivity index (χ2n) is 4.97. The van der Waals surface area contributed by atoms with Crippen LogP contribution in [0.2, 0.25) is 0 Å². The van der Waals surface area contributed by atoms with E-state index in [1.54, 1.807) is 24.0 Å². The molecule has 2 heterocycles. The van der Waals surface area contributed by atoms with Crippen LogP contribution in [0.1, 0.15) is 42.0 Å². The Morgan fingerprint density at radius 3 is 2.70 bits per heavy atom. The first-order chi connectivity index (χ1) is 9.34. The Kier molecular flexibility index (Phi) is 4.44. The van der Waals surface area contributed by atoms with Crippen molar-refractivity contribution in [2.45, 2.75) is 31.7 Å². The lowest BCUT2D eigenvalue weighted by atomic mass is 10.2. The van der Waals surface area contributed by atoms with E-state index in [2.05, 4.69) is 0 Å². The molecule has 112 valence electrons. The smallest absolute Gasteiger partial charge is 0.289 e. The van der Waals surface area contributed by atoms with Gasteiger partial charge in [-0.1, -0.05) is 0 Å². The van der Waals surface area contributed by atoms with Crippen molar-refractivity contribution in [1.29, 1.82) is 0 Å². The number of alkyl halides is 1. The molecule has 1 aromatic rings. The number of hydrogen-bond donors (Lipinski definition) is 0. The van der Waals surface area contributed by atoms with Crippen LogP contribution in [0.3, 0.4) is 0 Å². The zero-order valence-corrected chi connectivity index (χ0v) is 13.1. The molecule has 2 rings (SSSR count). The highest BCUT2D eigenvalue weighted by Gasteiger charge is 2.35. The topological polar surface area (TPSA) is 67.6 Å². The summed E-state index contributed by atoms with van der Waals surface area (Å²) in [7, 11) is -3.02. The average Bonchev–Trinajstić information content (AvgIpc) is 2.97. The first-order valence-electron chi connectivity index (χ1n) is 6.59. The van der Waals surface area contributed by atoms with Crippen molar-refractivity contribution >= 4 is 27.3 Å². The molecule has 2 atom stereocenters. The minimum absolute atomic E-state index is 0.0338. The predicted octanol–water partition coefficient (Wildman–Crippen LogP) is 2.23. The number of nitrogens with zero attached hydrogens (tertiary/aromatic N) is 1. The molecular formula is C13H18ClNO4S. The Bertz CT molecular complexity index is 593. The van der Waals surface area contributed by atoms with Gasteiger partial charge in [0.2, 0.25) is 0 Å². The van der Waals surface area contributed by atoms with Crippen LogP contribution in [-0.2, 0) is 9.84 Å². The van der Waals surface area contributed by atoms with Gasteiger partial charge in [0.1, 0.15) is 5.76 Å². The Balaban J connectivity index is 2.16. The molecule has 1 fully saturated rings. The Labute approximate surface area is 123 Å². The van der Waals surface area contributed by atoms with E-state index in [4.69, 9.17) is 16.0 Å². The summed E-state index contributed by atoms with van der Waals surface area (Å²) in [5.41, 5.74) is 0. The molecule has 0 aromatic carbocycles. The number of halogens is 1. The van der Waals surface area contributed by atoms with Gasteiger partial charge in [-0.2, -0.15) is 0 Å². The number of carbonyl (C=O) groups excluding carboxylic acids is 1. The fraction of sp³-hybridized carbons (Fsp3) is 0.615. The second-order valence-corrected chi connectivity index (χ2v) is 7.85. The zero-order valence-electron chi connectivity index (χ0n) is 11.5. The largest absolute Gasteiger partial charge is 0.454 e. The molecule has 0 aliphatic carbocycles. The van der Waals surface area contributed by atoms with E-state index in [-0.39, 0.29) is 34.6 Å². The molecule has 20 heavy (non-hydrogen) atoms. The van der Waals surface area contributed by atoms with E-state index in [1.807, 2.05) is 6.92 Å². The van der Waals surface area contributed by atoms with E-state index < -0.39 is 9.84 Å². The molecule has 0 radical (unpaired) electrons. The van der Waals surface area contributed by atoms with Gasteiger partial charge in [0.05, 0.1) is 16.9 Å². The fourth-order valence-corrected chi connectivity index (χ4v) is 4.26. The van der Waals surface area contributed by atoms with Gasteiger partial charge in [-0.3, -0.25) is 4.79 Å². The summed E-state index contributed by atoms with van der Waals surface area (Å²) in [6.45, 7) is 4.04. The second kappa shape index (κ2) is 5.77. The maximum Gasteiger partial charge on any atom is 0.289 e. The van der Waals surface area contributed by atoms with Crippen molar-refractivity contribution in [3.63, 3.8) is 0 Å². The number of sulfone groups is 1. The third kappa shape index (κ3) is 3.17. The normalized spacial score (nSPS) is 22.6. The molecule has 1 aromatic heterocycles. The lowest BCUT2D eigenvalue weighted by Gasteiger charge is -2.25. The SMILES string of the molecule is CCN(C(=O)c1ccc(C(C)Cl)o1)C1CCS(=O)(=O)C1. The van der Waals surface area contributed by atoms with E-state index in [0.717, 1.165) is 0 Å². The Morgan fingerprint density at radius 2 is 2.25 bits per heavy atom. The van der Waals surface area contributed by atoms with E-state index in [9.17, 15) is 13.2 Å². The van der Waals surface area contributed by atoms with Gasteiger partial charge in [-0.25, -0.2) is 8.42 Å². The third-order valence-corrected chi connectivity index (χ3v) is 5.45. The predicted molar refractivity (Wildman–Crippen MR) is 76.7 cm³/mol. The van der Waals surface area contributed by atoms with Crippen molar-refractivity contribution in [3.8, 4) is 0 Å². The molecule has 0 spiro atoms. The van der Waals surface area contributed by atoms with Crippen LogP contribution in [0.5, 0.6) is 0 Å². The molecule has 5 nitrogen and oxygen atoms in total. The highest BCUT2D eigenvalue weighted by Crippen LogP contribution is 2.24. The Hall–Kier alpha value is -1.01. The van der Waals surface area contributed by atoms with Gasteiger partial charge in [0.25, 0.3) is 5.91 Å². The van der Waals surface area contributed by atoms with Crippen LogP contribution in [-0.4, -0.2) is 43.3 Å². The van der Waals surface area contributed by atoms with Crippen molar-refractivity contribution in [2.24, 2.45) is 0 Å². The van der Waals surface area contributed by atoms with Gasteiger partial charge >= 0.3 is 0 Å². The van der Waals surface area contributed by atoms with Gasteiger partial charge in [0.15, 0.2) is 15.6 Å². The van der Waals surface area contributed by atoms with Gasteiger partial charge in [-0.15, -0.1) is 11.6 Å². The van der Waals surface area contributed by atoms with Crippen molar-refractivity contribution in [3.05, 3.63) is 23.7 Å². The minimum atomic E-state index is -3.02.